The molecule has 11 nitrogen and oxygen atoms in total. The first-order valence-corrected chi connectivity index (χ1v) is 6.99. The smallest absolute Gasteiger partial charge is 0.184 e. The van der Waals surface area contributed by atoms with Crippen LogP contribution < -0.4 is 0 Å². The predicted molar refractivity (Wildman–Crippen MR) is 70.8 cm³/mol. The molecule has 11 heteroatoms. The second-order valence-corrected chi connectivity index (χ2v) is 5.33. The Morgan fingerprint density at radius 3 is 1.96 bits per heavy atom. The fourth-order valence-electron chi connectivity index (χ4n) is 2.14. The summed E-state index contributed by atoms with van der Waals surface area (Å²) in [5, 5.41) is 84.4. The average molecular weight is 344 g/mol. The summed E-state index contributed by atoms with van der Waals surface area (Å²) in [7, 11) is 0. The Labute approximate surface area is 131 Å². The number of hydrogen-bond acceptors (Lipinski definition) is 11. The lowest BCUT2D eigenvalue weighted by atomic mass is 9.98. The third kappa shape index (κ3) is 5.01. The van der Waals surface area contributed by atoms with E-state index in [9.17, 15) is 35.7 Å². The maximum Gasteiger partial charge on any atom is 0.184 e. The molecule has 0 aromatic carbocycles. The molecule has 9 atom stereocenters. The lowest BCUT2D eigenvalue weighted by molar-refractivity contribution is -0.297. The highest BCUT2D eigenvalue weighted by atomic mass is 16.7. The molecule has 0 bridgehead atoms. The molecule has 0 aromatic heterocycles. The van der Waals surface area contributed by atoms with Crippen molar-refractivity contribution in [1.82, 2.24) is 0 Å². The van der Waals surface area contributed by atoms with Crippen molar-refractivity contribution < 1.29 is 55.4 Å². The fraction of sp³-hybridized carbons (Fsp3) is 1.00. The van der Waals surface area contributed by atoms with Gasteiger partial charge in [-0.1, -0.05) is 0 Å². The minimum Gasteiger partial charge on any atom is -0.394 e. The highest BCUT2D eigenvalue weighted by Gasteiger charge is 2.45. The monoisotopic (exact) mass is 344 g/mol. The zero-order valence-electron chi connectivity index (χ0n) is 12.2. The summed E-state index contributed by atoms with van der Waals surface area (Å²) in [6.45, 7) is -2.14. The molecule has 0 aliphatic carbocycles. The van der Waals surface area contributed by atoms with Gasteiger partial charge >= 0.3 is 0 Å². The quantitative estimate of drug-likeness (QED) is 0.203. The van der Waals surface area contributed by atoms with Crippen LogP contribution in [0.4, 0.5) is 0 Å². The first-order chi connectivity index (χ1) is 10.7. The normalized spacial score (nSPS) is 37.2. The summed E-state index contributed by atoms with van der Waals surface area (Å²) in [5.74, 6) is 0. The van der Waals surface area contributed by atoms with E-state index in [0.29, 0.717) is 0 Å². The molecular weight excluding hydrogens is 320 g/mol. The molecular formula is C12H24O11. The van der Waals surface area contributed by atoms with Crippen LogP contribution in [0.2, 0.25) is 0 Å². The Bertz CT molecular complexity index is 341. The molecule has 0 radical (unpaired) electrons. The summed E-state index contributed by atoms with van der Waals surface area (Å²) in [6, 6.07) is 0. The number of aliphatic hydroxyl groups is 9. The largest absolute Gasteiger partial charge is 0.394 e. The van der Waals surface area contributed by atoms with Crippen LogP contribution in [-0.2, 0) is 9.47 Å². The average Bonchev–Trinajstić information content (AvgIpc) is 2.55. The van der Waals surface area contributed by atoms with Crippen LogP contribution in [-0.4, -0.2) is 121 Å². The fourth-order valence-corrected chi connectivity index (χ4v) is 2.14. The van der Waals surface area contributed by atoms with Gasteiger partial charge in [0.15, 0.2) is 6.29 Å². The number of rotatable bonds is 8. The van der Waals surface area contributed by atoms with E-state index >= 15 is 0 Å². The molecule has 1 heterocycles. The number of aliphatic hydroxyl groups excluding tert-OH is 9. The number of hydrogen-bond donors (Lipinski definition) is 9. The van der Waals surface area contributed by atoms with E-state index in [1.54, 1.807) is 0 Å². The van der Waals surface area contributed by atoms with Crippen LogP contribution in [0.25, 0.3) is 0 Å². The second kappa shape index (κ2) is 9.15. The predicted octanol–water partition coefficient (Wildman–Crippen LogP) is -5.76. The van der Waals surface area contributed by atoms with Crippen molar-refractivity contribution in [2.24, 2.45) is 0 Å². The van der Waals surface area contributed by atoms with Crippen molar-refractivity contribution in [1.29, 1.82) is 0 Å². The maximum atomic E-state index is 9.80. The standard InChI is InChI=1S/C12H24O11/c13-1-4(15)7(17)8(18)5(16)3-22-11-6(2-14)23-12(21)10(20)9(11)19/h4-21H,1-3H2/t4-,5+,6-,7-,8+,9-,10-,11-,12-/m0/s1. The lowest BCUT2D eigenvalue weighted by Crippen LogP contribution is -2.60. The topological polar surface area (TPSA) is 201 Å². The molecule has 0 saturated carbocycles. The van der Waals surface area contributed by atoms with Crippen molar-refractivity contribution in [3.05, 3.63) is 0 Å². The summed E-state index contributed by atoms with van der Waals surface area (Å²) in [5.41, 5.74) is 0. The lowest BCUT2D eigenvalue weighted by Gasteiger charge is -2.40. The minimum atomic E-state index is -1.86. The number of ether oxygens (including phenoxy) is 2. The van der Waals surface area contributed by atoms with E-state index in [1.165, 1.54) is 0 Å². The van der Waals surface area contributed by atoms with Crippen molar-refractivity contribution >= 4 is 0 Å². The van der Waals surface area contributed by atoms with Crippen LogP contribution in [0, 0.1) is 0 Å². The summed E-state index contributed by atoms with van der Waals surface area (Å²) in [6.07, 6.45) is -14.7. The zero-order valence-corrected chi connectivity index (χ0v) is 12.2. The molecule has 9 N–H and O–H groups in total. The van der Waals surface area contributed by atoms with Gasteiger partial charge in [-0.15, -0.1) is 0 Å². The Morgan fingerprint density at radius 1 is 0.870 bits per heavy atom. The van der Waals surface area contributed by atoms with Gasteiger partial charge in [-0.25, -0.2) is 0 Å². The molecule has 0 unspecified atom stereocenters. The SMILES string of the molecule is OC[C@@H]1O[C@H](O)[C@@H](O)[C@H](O)[C@H]1OC[C@@H](O)[C@@H](O)[C@@H](O)[C@@H](O)CO. The van der Waals surface area contributed by atoms with Crippen LogP contribution in [0.5, 0.6) is 0 Å². The zero-order chi connectivity index (χ0) is 17.7. The van der Waals surface area contributed by atoms with Gasteiger partial charge in [-0.2, -0.15) is 0 Å². The molecule has 23 heavy (non-hydrogen) atoms. The molecule has 1 rings (SSSR count). The van der Waals surface area contributed by atoms with Crippen LogP contribution in [0.3, 0.4) is 0 Å². The molecule has 0 aromatic rings. The Balaban J connectivity index is 2.60. The molecule has 1 aliphatic heterocycles. The van der Waals surface area contributed by atoms with Crippen molar-refractivity contribution in [3.63, 3.8) is 0 Å². The highest BCUT2D eigenvalue weighted by molar-refractivity contribution is 4.90. The third-order valence-electron chi connectivity index (χ3n) is 3.62. The van der Waals surface area contributed by atoms with Crippen molar-refractivity contribution in [2.45, 2.75) is 55.1 Å². The molecule has 138 valence electrons. The Hall–Kier alpha value is -0.440. The molecule has 1 fully saturated rings. The van der Waals surface area contributed by atoms with Crippen LogP contribution in [0.1, 0.15) is 0 Å². The van der Waals surface area contributed by atoms with Gasteiger partial charge in [0.05, 0.1) is 19.8 Å². The minimum absolute atomic E-state index is 0.652. The molecule has 0 amide bonds. The summed E-state index contributed by atoms with van der Waals surface area (Å²) in [4.78, 5) is 0. The van der Waals surface area contributed by atoms with Gasteiger partial charge in [0.25, 0.3) is 0 Å². The molecule has 1 aliphatic rings. The molecule has 0 spiro atoms. The summed E-state index contributed by atoms with van der Waals surface area (Å²) >= 11 is 0. The van der Waals surface area contributed by atoms with E-state index in [4.69, 9.17) is 19.7 Å². The van der Waals surface area contributed by atoms with Gasteiger partial charge in [0.1, 0.15) is 48.8 Å². The van der Waals surface area contributed by atoms with Gasteiger partial charge in [0, 0.05) is 0 Å². The van der Waals surface area contributed by atoms with E-state index in [0.717, 1.165) is 0 Å². The van der Waals surface area contributed by atoms with Crippen molar-refractivity contribution in [3.8, 4) is 0 Å². The van der Waals surface area contributed by atoms with Gasteiger partial charge in [-0.3, -0.25) is 0 Å². The van der Waals surface area contributed by atoms with Gasteiger partial charge < -0.3 is 55.4 Å². The first-order valence-electron chi connectivity index (χ1n) is 6.99. The van der Waals surface area contributed by atoms with E-state index in [1.807, 2.05) is 0 Å². The summed E-state index contributed by atoms with van der Waals surface area (Å²) < 4.78 is 9.92. The second-order valence-electron chi connectivity index (χ2n) is 5.33. The first kappa shape index (κ1) is 20.6. The maximum absolute atomic E-state index is 9.80. The van der Waals surface area contributed by atoms with E-state index in [-0.39, 0.29) is 0 Å². The van der Waals surface area contributed by atoms with Gasteiger partial charge in [0.2, 0.25) is 0 Å². The van der Waals surface area contributed by atoms with E-state index in [2.05, 4.69) is 0 Å². The Morgan fingerprint density at radius 2 is 1.43 bits per heavy atom. The van der Waals surface area contributed by atoms with Crippen LogP contribution >= 0.6 is 0 Å². The van der Waals surface area contributed by atoms with E-state index < -0.39 is 74.9 Å². The molecule has 1 saturated heterocycles. The third-order valence-corrected chi connectivity index (χ3v) is 3.62. The van der Waals surface area contributed by atoms with Crippen LogP contribution in [0.15, 0.2) is 0 Å². The van der Waals surface area contributed by atoms with Crippen molar-refractivity contribution in [2.75, 3.05) is 19.8 Å². The van der Waals surface area contributed by atoms with Gasteiger partial charge in [-0.05, 0) is 0 Å². The Kier molecular flexibility index (Phi) is 8.20. The highest BCUT2D eigenvalue weighted by Crippen LogP contribution is 2.22.